The van der Waals surface area contributed by atoms with Gasteiger partial charge >= 0.3 is 0 Å². The Labute approximate surface area is 275 Å². The summed E-state index contributed by atoms with van der Waals surface area (Å²) in [5, 5.41) is 3.38. The molecule has 0 saturated heterocycles. The van der Waals surface area contributed by atoms with Crippen LogP contribution >= 0.6 is 23.2 Å². The lowest BCUT2D eigenvalue weighted by Crippen LogP contribution is -2.53. The number of rotatable bonds is 14. The zero-order valence-corrected chi connectivity index (χ0v) is 27.7. The van der Waals surface area contributed by atoms with Crippen LogP contribution in [0.25, 0.3) is 0 Å². The van der Waals surface area contributed by atoms with E-state index in [1.54, 1.807) is 18.2 Å². The van der Waals surface area contributed by atoms with Crippen molar-refractivity contribution in [1.82, 2.24) is 10.2 Å². The highest BCUT2D eigenvalue weighted by Crippen LogP contribution is 2.31. The van der Waals surface area contributed by atoms with Crippen molar-refractivity contribution in [3.8, 4) is 0 Å². The molecule has 0 heterocycles. The Morgan fingerprint density at radius 2 is 1.49 bits per heavy atom. The van der Waals surface area contributed by atoms with Gasteiger partial charge in [0, 0.05) is 19.5 Å². The van der Waals surface area contributed by atoms with E-state index in [2.05, 4.69) is 5.32 Å². The van der Waals surface area contributed by atoms with Crippen molar-refractivity contribution in [1.29, 1.82) is 0 Å². The number of unbranched alkanes of at least 4 members (excludes halogenated alkanes) is 1. The lowest BCUT2D eigenvalue weighted by molar-refractivity contribution is -0.140. The van der Waals surface area contributed by atoms with Crippen molar-refractivity contribution in [3.63, 3.8) is 0 Å². The number of amides is 2. The number of carbonyl (C=O) groups excluding carboxylic acids is 2. The second-order valence-electron chi connectivity index (χ2n) is 10.8. The highest BCUT2D eigenvalue weighted by Gasteiger charge is 2.34. The molecule has 10 heteroatoms. The number of anilines is 1. The first-order valence-electron chi connectivity index (χ1n) is 14.8. The fourth-order valence-electron chi connectivity index (χ4n) is 4.96. The first-order valence-corrected chi connectivity index (χ1v) is 17.0. The topological polar surface area (TPSA) is 86.8 Å². The summed E-state index contributed by atoms with van der Waals surface area (Å²) in [5.74, 6) is -0.853. The van der Waals surface area contributed by atoms with Crippen LogP contribution in [0.5, 0.6) is 0 Å². The molecule has 2 amide bonds. The summed E-state index contributed by atoms with van der Waals surface area (Å²) in [6.07, 6.45) is 1.93. The van der Waals surface area contributed by atoms with Crippen LogP contribution in [-0.4, -0.2) is 44.3 Å². The van der Waals surface area contributed by atoms with Gasteiger partial charge in [0.15, 0.2) is 0 Å². The van der Waals surface area contributed by atoms with Crippen LogP contribution in [0.4, 0.5) is 5.69 Å². The number of aryl methyl sites for hydroxylation is 1. The maximum atomic E-state index is 14.5. The standard InChI is InChI=1S/C35H37Cl2N3O4S/c1-3-4-20-38-35(42)33(22-27-13-7-5-8-14-27)39(24-28-15-11-12-26(2)21-28)34(41)25-40(29-18-19-31(36)32(37)23-29)45(43,44)30-16-9-6-10-17-30/h5-19,21,23,33H,3-4,20,22,24-25H2,1-2H3,(H,38,42). The molecule has 0 aromatic heterocycles. The average molecular weight is 667 g/mol. The van der Waals surface area contributed by atoms with E-state index in [4.69, 9.17) is 23.2 Å². The van der Waals surface area contributed by atoms with E-state index in [1.807, 2.05) is 68.4 Å². The van der Waals surface area contributed by atoms with E-state index in [1.165, 1.54) is 35.2 Å². The molecule has 0 aliphatic carbocycles. The second kappa shape index (κ2) is 15.9. The molecular formula is C35H37Cl2N3O4S. The van der Waals surface area contributed by atoms with Crippen LogP contribution in [0, 0.1) is 6.92 Å². The number of halogens is 2. The van der Waals surface area contributed by atoms with Gasteiger partial charge in [0.05, 0.1) is 20.6 Å². The lowest BCUT2D eigenvalue weighted by Gasteiger charge is -2.34. The largest absolute Gasteiger partial charge is 0.354 e. The fourth-order valence-corrected chi connectivity index (χ4v) is 6.68. The minimum Gasteiger partial charge on any atom is -0.354 e. The van der Waals surface area contributed by atoms with Crippen LogP contribution in [0.2, 0.25) is 10.0 Å². The predicted molar refractivity (Wildman–Crippen MR) is 181 cm³/mol. The maximum absolute atomic E-state index is 14.5. The van der Waals surface area contributed by atoms with E-state index in [9.17, 15) is 18.0 Å². The molecule has 4 aromatic rings. The molecule has 0 saturated carbocycles. The minimum atomic E-state index is -4.23. The van der Waals surface area contributed by atoms with Crippen molar-refractivity contribution in [2.75, 3.05) is 17.4 Å². The van der Waals surface area contributed by atoms with Crippen molar-refractivity contribution in [2.45, 2.75) is 50.6 Å². The van der Waals surface area contributed by atoms with E-state index in [-0.39, 0.29) is 39.5 Å². The Hall–Kier alpha value is -3.85. The third-order valence-corrected chi connectivity index (χ3v) is 9.86. The van der Waals surface area contributed by atoms with Gasteiger partial charge in [-0.1, -0.05) is 115 Å². The third kappa shape index (κ3) is 9.10. The van der Waals surface area contributed by atoms with Crippen molar-refractivity contribution >= 4 is 50.7 Å². The first-order chi connectivity index (χ1) is 21.6. The Morgan fingerprint density at radius 1 is 0.822 bits per heavy atom. The highest BCUT2D eigenvalue weighted by molar-refractivity contribution is 7.92. The summed E-state index contributed by atoms with van der Waals surface area (Å²) >= 11 is 12.5. The van der Waals surface area contributed by atoms with Gasteiger partial charge in [0.2, 0.25) is 11.8 Å². The molecule has 1 unspecified atom stereocenters. The van der Waals surface area contributed by atoms with Gasteiger partial charge in [-0.15, -0.1) is 0 Å². The minimum absolute atomic E-state index is 0.00671. The predicted octanol–water partition coefficient (Wildman–Crippen LogP) is 7.05. The molecule has 0 aliphatic heterocycles. The molecule has 0 aliphatic rings. The summed E-state index contributed by atoms with van der Waals surface area (Å²) in [5.41, 5.74) is 2.85. The third-order valence-electron chi connectivity index (χ3n) is 7.34. The zero-order valence-electron chi connectivity index (χ0n) is 25.3. The average Bonchev–Trinajstić information content (AvgIpc) is 3.03. The van der Waals surface area contributed by atoms with Crippen LogP contribution in [0.3, 0.4) is 0 Å². The van der Waals surface area contributed by atoms with Crippen molar-refractivity contribution < 1.29 is 18.0 Å². The number of benzene rings is 4. The maximum Gasteiger partial charge on any atom is 0.264 e. The molecule has 7 nitrogen and oxygen atoms in total. The molecule has 4 rings (SSSR count). The molecule has 1 atom stereocenters. The monoisotopic (exact) mass is 665 g/mol. The Kier molecular flexibility index (Phi) is 12.0. The Balaban J connectivity index is 1.80. The first kappa shape index (κ1) is 34.0. The quantitative estimate of drug-likeness (QED) is 0.146. The molecule has 0 spiro atoms. The number of nitrogens with zero attached hydrogens (tertiary/aromatic N) is 2. The molecule has 0 fully saturated rings. The summed E-state index contributed by atoms with van der Waals surface area (Å²) in [4.78, 5) is 29.8. The summed E-state index contributed by atoms with van der Waals surface area (Å²) in [7, 11) is -4.23. The number of nitrogens with one attached hydrogen (secondary N) is 1. The smallest absolute Gasteiger partial charge is 0.264 e. The van der Waals surface area contributed by atoms with E-state index in [0.717, 1.165) is 33.8 Å². The highest BCUT2D eigenvalue weighted by atomic mass is 35.5. The number of hydrogen-bond acceptors (Lipinski definition) is 4. The van der Waals surface area contributed by atoms with Crippen LogP contribution in [0.15, 0.2) is 108 Å². The summed E-state index contributed by atoms with van der Waals surface area (Å²) in [6, 6.07) is 28.5. The SMILES string of the molecule is CCCCNC(=O)C(Cc1ccccc1)N(Cc1cccc(C)c1)C(=O)CN(c1ccc(Cl)c(Cl)c1)S(=O)(=O)c1ccccc1. The summed E-state index contributed by atoms with van der Waals surface area (Å²) < 4.78 is 29.1. The van der Waals surface area contributed by atoms with Gasteiger partial charge in [-0.05, 0) is 54.8 Å². The van der Waals surface area contributed by atoms with Gasteiger partial charge in [0.25, 0.3) is 10.0 Å². The van der Waals surface area contributed by atoms with Crippen molar-refractivity contribution in [2.24, 2.45) is 0 Å². The molecule has 0 bridgehead atoms. The molecule has 236 valence electrons. The van der Waals surface area contributed by atoms with Crippen molar-refractivity contribution in [3.05, 3.63) is 130 Å². The van der Waals surface area contributed by atoms with Gasteiger partial charge < -0.3 is 10.2 Å². The van der Waals surface area contributed by atoms with E-state index < -0.39 is 28.5 Å². The van der Waals surface area contributed by atoms with Gasteiger partial charge in [-0.2, -0.15) is 0 Å². The lowest BCUT2D eigenvalue weighted by atomic mass is 10.0. The fraction of sp³-hybridized carbons (Fsp3) is 0.257. The molecule has 1 N–H and O–H groups in total. The molecular weight excluding hydrogens is 629 g/mol. The van der Waals surface area contributed by atoms with Crippen LogP contribution in [0.1, 0.15) is 36.5 Å². The molecule has 4 aromatic carbocycles. The van der Waals surface area contributed by atoms with E-state index in [0.29, 0.717) is 6.54 Å². The second-order valence-corrected chi connectivity index (χ2v) is 13.5. The van der Waals surface area contributed by atoms with Gasteiger partial charge in [0.1, 0.15) is 12.6 Å². The number of sulfonamides is 1. The van der Waals surface area contributed by atoms with Gasteiger partial charge in [-0.25, -0.2) is 8.42 Å². The Morgan fingerprint density at radius 3 is 2.13 bits per heavy atom. The Bertz CT molecular complexity index is 1700. The summed E-state index contributed by atoms with van der Waals surface area (Å²) in [6.45, 7) is 3.97. The van der Waals surface area contributed by atoms with E-state index >= 15 is 0 Å². The molecule has 0 radical (unpaired) electrons. The molecule has 45 heavy (non-hydrogen) atoms. The normalized spacial score (nSPS) is 11.9. The van der Waals surface area contributed by atoms with Crippen LogP contribution < -0.4 is 9.62 Å². The van der Waals surface area contributed by atoms with Gasteiger partial charge in [-0.3, -0.25) is 13.9 Å². The van der Waals surface area contributed by atoms with Crippen LogP contribution in [-0.2, 0) is 32.6 Å². The number of carbonyl (C=O) groups is 2. The number of hydrogen-bond donors (Lipinski definition) is 1. The zero-order chi connectivity index (χ0) is 32.4.